The van der Waals surface area contributed by atoms with Gasteiger partial charge in [-0.3, -0.25) is 0 Å². The number of fused-ring (bicyclic) bond motifs is 1. The Morgan fingerprint density at radius 1 is 1.05 bits per heavy atom. The summed E-state index contributed by atoms with van der Waals surface area (Å²) in [5.41, 5.74) is 2.42. The summed E-state index contributed by atoms with van der Waals surface area (Å²) < 4.78 is 2.17. The predicted octanol–water partition coefficient (Wildman–Crippen LogP) is 0.782. The molecule has 0 aliphatic heterocycles. The van der Waals surface area contributed by atoms with Crippen molar-refractivity contribution in [3.63, 3.8) is 0 Å². The molecule has 3 rings (SSSR count). The third-order valence-electron chi connectivity index (χ3n) is 3.21. The van der Waals surface area contributed by atoms with Crippen LogP contribution < -0.4 is 33.9 Å². The van der Waals surface area contributed by atoms with E-state index in [1.807, 2.05) is 0 Å². The summed E-state index contributed by atoms with van der Waals surface area (Å²) in [5, 5.41) is 9.35. The Bertz CT molecular complexity index is 701. The van der Waals surface area contributed by atoms with Gasteiger partial charge in [0.2, 0.25) is 0 Å². The summed E-state index contributed by atoms with van der Waals surface area (Å²) in [5.74, 6) is 0. The zero-order valence-electron chi connectivity index (χ0n) is 10.9. The van der Waals surface area contributed by atoms with Gasteiger partial charge in [0, 0.05) is 10.8 Å². The van der Waals surface area contributed by atoms with Gasteiger partial charge in [0.05, 0.1) is 7.05 Å². The SMILES string of the molecule is Cc1csc(Nc2cccc3ccccc23)[n+]1C.[I-]. The van der Waals surface area contributed by atoms with Crippen molar-refractivity contribution in [1.82, 2.24) is 0 Å². The van der Waals surface area contributed by atoms with Gasteiger partial charge in [-0.05, 0) is 18.4 Å². The molecule has 0 bridgehead atoms. The first kappa shape index (κ1) is 14.3. The second kappa shape index (κ2) is 5.88. The molecule has 4 heteroatoms. The minimum atomic E-state index is 0. The van der Waals surface area contributed by atoms with Crippen molar-refractivity contribution in [2.24, 2.45) is 7.05 Å². The molecule has 1 aromatic heterocycles. The molecule has 98 valence electrons. The Labute approximate surface area is 134 Å². The monoisotopic (exact) mass is 382 g/mol. The zero-order valence-corrected chi connectivity index (χ0v) is 13.8. The molecule has 2 nitrogen and oxygen atoms in total. The van der Waals surface area contributed by atoms with Gasteiger partial charge in [0.1, 0.15) is 11.4 Å². The number of aryl methyl sites for hydroxylation is 1. The van der Waals surface area contributed by atoms with Crippen LogP contribution in [0.25, 0.3) is 10.8 Å². The van der Waals surface area contributed by atoms with Crippen molar-refractivity contribution in [2.75, 3.05) is 5.32 Å². The third kappa shape index (κ3) is 2.74. The number of benzene rings is 2. The predicted molar refractivity (Wildman–Crippen MR) is 77.5 cm³/mol. The molecule has 0 aliphatic rings. The molecule has 0 saturated carbocycles. The van der Waals surface area contributed by atoms with Crippen LogP contribution in [0.3, 0.4) is 0 Å². The van der Waals surface area contributed by atoms with E-state index in [9.17, 15) is 0 Å². The number of hydrogen-bond donors (Lipinski definition) is 1. The van der Waals surface area contributed by atoms with Gasteiger partial charge < -0.3 is 24.0 Å². The summed E-state index contributed by atoms with van der Waals surface area (Å²) >= 11 is 1.73. The second-order valence-electron chi connectivity index (χ2n) is 4.39. The summed E-state index contributed by atoms with van der Waals surface area (Å²) in [7, 11) is 2.08. The molecule has 0 atom stereocenters. The van der Waals surface area contributed by atoms with Crippen LogP contribution in [0, 0.1) is 6.92 Å². The molecule has 2 aromatic carbocycles. The number of aromatic nitrogens is 1. The van der Waals surface area contributed by atoms with E-state index in [0.717, 1.165) is 10.8 Å². The summed E-state index contributed by atoms with van der Waals surface area (Å²) in [4.78, 5) is 0. The first-order valence-corrected chi connectivity index (χ1v) is 6.82. The van der Waals surface area contributed by atoms with Crippen molar-refractivity contribution in [3.05, 3.63) is 53.5 Å². The molecule has 0 unspecified atom stereocenters. The Morgan fingerprint density at radius 3 is 2.53 bits per heavy atom. The Kier molecular flexibility index (Phi) is 4.42. The van der Waals surface area contributed by atoms with E-state index in [1.165, 1.54) is 16.5 Å². The lowest BCUT2D eigenvalue weighted by Gasteiger charge is -2.03. The van der Waals surface area contributed by atoms with Gasteiger partial charge in [-0.15, -0.1) is 0 Å². The van der Waals surface area contributed by atoms with E-state index in [1.54, 1.807) is 11.3 Å². The lowest BCUT2D eigenvalue weighted by Crippen LogP contribution is -3.00. The molecule has 0 radical (unpaired) electrons. The number of thiazole rings is 1. The average Bonchev–Trinajstić information content (AvgIpc) is 2.71. The Balaban J connectivity index is 0.00000133. The largest absolute Gasteiger partial charge is 1.00 e. The highest BCUT2D eigenvalue weighted by Crippen LogP contribution is 2.26. The fraction of sp³-hybridized carbons (Fsp3) is 0.133. The van der Waals surface area contributed by atoms with Crippen LogP contribution in [0.4, 0.5) is 10.8 Å². The fourth-order valence-corrected chi connectivity index (χ4v) is 2.93. The van der Waals surface area contributed by atoms with Gasteiger partial charge in [-0.1, -0.05) is 47.7 Å². The van der Waals surface area contributed by atoms with Crippen LogP contribution in [0.2, 0.25) is 0 Å². The summed E-state index contributed by atoms with van der Waals surface area (Å²) in [6, 6.07) is 14.8. The quantitative estimate of drug-likeness (QED) is 0.512. The number of rotatable bonds is 2. The summed E-state index contributed by atoms with van der Waals surface area (Å²) in [6.07, 6.45) is 0. The minimum Gasteiger partial charge on any atom is -1.00 e. The van der Waals surface area contributed by atoms with Crippen molar-refractivity contribution >= 4 is 32.9 Å². The van der Waals surface area contributed by atoms with Crippen LogP contribution in [0.1, 0.15) is 5.69 Å². The molecule has 19 heavy (non-hydrogen) atoms. The maximum atomic E-state index is 3.52. The van der Waals surface area contributed by atoms with Gasteiger partial charge >= 0.3 is 5.13 Å². The zero-order chi connectivity index (χ0) is 12.5. The fourth-order valence-electron chi connectivity index (χ4n) is 2.02. The molecule has 0 saturated heterocycles. The van der Waals surface area contributed by atoms with E-state index < -0.39 is 0 Å². The Hall–Kier alpha value is -1.14. The molecule has 0 fully saturated rings. The number of anilines is 2. The number of hydrogen-bond acceptors (Lipinski definition) is 2. The molecule has 1 N–H and O–H groups in total. The van der Waals surface area contributed by atoms with E-state index >= 15 is 0 Å². The smallest absolute Gasteiger partial charge is 0.338 e. The molecule has 3 aromatic rings. The number of nitrogens with one attached hydrogen (secondary N) is 1. The van der Waals surface area contributed by atoms with E-state index in [2.05, 4.69) is 71.7 Å². The maximum absolute atomic E-state index is 3.52. The van der Waals surface area contributed by atoms with Gasteiger partial charge in [0.15, 0.2) is 0 Å². The number of halogens is 1. The third-order valence-corrected chi connectivity index (χ3v) is 4.26. The van der Waals surface area contributed by atoms with E-state index in [-0.39, 0.29) is 24.0 Å². The normalized spacial score (nSPS) is 10.2. The van der Waals surface area contributed by atoms with Crippen LogP contribution in [0.5, 0.6) is 0 Å². The van der Waals surface area contributed by atoms with Crippen LogP contribution >= 0.6 is 11.3 Å². The molecule has 0 spiro atoms. The minimum absolute atomic E-state index is 0. The van der Waals surface area contributed by atoms with Crippen molar-refractivity contribution in [1.29, 1.82) is 0 Å². The van der Waals surface area contributed by atoms with E-state index in [4.69, 9.17) is 0 Å². The van der Waals surface area contributed by atoms with Crippen molar-refractivity contribution in [3.8, 4) is 0 Å². The molecular weight excluding hydrogens is 367 g/mol. The highest BCUT2D eigenvalue weighted by molar-refractivity contribution is 7.13. The Morgan fingerprint density at radius 2 is 1.79 bits per heavy atom. The van der Waals surface area contributed by atoms with Crippen LogP contribution in [-0.2, 0) is 7.05 Å². The van der Waals surface area contributed by atoms with E-state index in [0.29, 0.717) is 0 Å². The van der Waals surface area contributed by atoms with Crippen molar-refractivity contribution in [2.45, 2.75) is 6.92 Å². The molecule has 0 aliphatic carbocycles. The topological polar surface area (TPSA) is 15.9 Å². The lowest BCUT2D eigenvalue weighted by molar-refractivity contribution is -0.658. The first-order valence-electron chi connectivity index (χ1n) is 5.94. The van der Waals surface area contributed by atoms with Gasteiger partial charge in [-0.2, -0.15) is 0 Å². The highest BCUT2D eigenvalue weighted by Gasteiger charge is 2.13. The highest BCUT2D eigenvalue weighted by atomic mass is 127. The maximum Gasteiger partial charge on any atom is 0.338 e. The van der Waals surface area contributed by atoms with Crippen LogP contribution in [-0.4, -0.2) is 0 Å². The summed E-state index contributed by atoms with van der Waals surface area (Å²) in [6.45, 7) is 2.12. The van der Waals surface area contributed by atoms with Gasteiger partial charge in [-0.25, -0.2) is 9.88 Å². The van der Waals surface area contributed by atoms with Crippen LogP contribution in [0.15, 0.2) is 47.8 Å². The van der Waals surface area contributed by atoms with Crippen molar-refractivity contribution < 1.29 is 28.5 Å². The molecule has 1 heterocycles. The second-order valence-corrected chi connectivity index (χ2v) is 5.25. The number of nitrogens with zero attached hydrogens (tertiary/aromatic N) is 1. The van der Waals surface area contributed by atoms with Gasteiger partial charge in [0.25, 0.3) is 0 Å². The first-order chi connectivity index (χ1) is 8.75. The standard InChI is InChI=1S/C15H14N2S.HI/c1-11-10-18-15(17(11)2)16-14-9-5-7-12-6-3-4-8-13(12)14;/h3-10H,1-2H3;1H. The molecule has 0 amide bonds. The average molecular weight is 382 g/mol. The lowest BCUT2D eigenvalue weighted by atomic mass is 10.1. The molecular formula is C15H15IN2S.